The summed E-state index contributed by atoms with van der Waals surface area (Å²) in [4.78, 5) is 31.4. The number of ether oxygens (including phenoxy) is 1. The molecule has 2 amide bonds. The molecule has 37 heavy (non-hydrogen) atoms. The van der Waals surface area contributed by atoms with Crippen molar-refractivity contribution in [2.45, 2.75) is 77.5 Å². The SMILES string of the molecule is CNC(=O)CCC(C)N1CC(C)=C(/C=C\CN2CCN(CCCCOC3CC=C([C@@H](C)O)C3)CC2)C1=O. The van der Waals surface area contributed by atoms with Crippen molar-refractivity contribution >= 4 is 11.8 Å². The number of nitrogens with zero attached hydrogens (tertiary/aromatic N) is 3. The molecule has 0 radical (unpaired) electrons. The average Bonchev–Trinajstić information content (AvgIpc) is 3.48. The number of piperazine rings is 1. The molecule has 0 saturated carbocycles. The molecule has 2 heterocycles. The quantitative estimate of drug-likeness (QED) is 0.273. The molecule has 3 aliphatic rings. The van der Waals surface area contributed by atoms with Gasteiger partial charge in [-0.15, -0.1) is 0 Å². The Hall–Kier alpha value is -2.00. The molecule has 1 saturated heterocycles. The Morgan fingerprint density at radius 2 is 1.95 bits per heavy atom. The molecule has 1 fully saturated rings. The minimum Gasteiger partial charge on any atom is -0.389 e. The first-order valence-corrected chi connectivity index (χ1v) is 14.1. The molecule has 0 aromatic carbocycles. The van der Waals surface area contributed by atoms with E-state index in [9.17, 15) is 14.7 Å². The second-order valence-corrected chi connectivity index (χ2v) is 10.8. The molecule has 3 atom stereocenters. The zero-order chi connectivity index (χ0) is 26.8. The molecular weight excluding hydrogens is 468 g/mol. The molecular formula is C29H48N4O4. The lowest BCUT2D eigenvalue weighted by Gasteiger charge is -2.34. The number of amides is 2. The normalized spacial score (nSPS) is 23.3. The van der Waals surface area contributed by atoms with E-state index in [-0.39, 0.29) is 30.1 Å². The first-order valence-electron chi connectivity index (χ1n) is 14.1. The molecule has 208 valence electrons. The van der Waals surface area contributed by atoms with Crippen LogP contribution in [0.1, 0.15) is 59.3 Å². The van der Waals surface area contributed by atoms with Crippen molar-refractivity contribution in [1.29, 1.82) is 0 Å². The summed E-state index contributed by atoms with van der Waals surface area (Å²) in [5.74, 6) is 0.0988. The predicted octanol–water partition coefficient (Wildman–Crippen LogP) is 2.50. The van der Waals surface area contributed by atoms with Crippen LogP contribution < -0.4 is 5.32 Å². The fourth-order valence-electron chi connectivity index (χ4n) is 5.32. The van der Waals surface area contributed by atoms with E-state index in [0.29, 0.717) is 19.4 Å². The van der Waals surface area contributed by atoms with Gasteiger partial charge >= 0.3 is 0 Å². The Kier molecular flexibility index (Phi) is 11.8. The fourth-order valence-corrected chi connectivity index (χ4v) is 5.32. The first kappa shape index (κ1) is 29.6. The third kappa shape index (κ3) is 9.06. The van der Waals surface area contributed by atoms with Crippen molar-refractivity contribution < 1.29 is 19.4 Å². The summed E-state index contributed by atoms with van der Waals surface area (Å²) in [6.45, 7) is 13.6. The number of carbonyl (C=O) groups excluding carboxylic acids is 2. The van der Waals surface area contributed by atoms with Crippen molar-refractivity contribution in [3.05, 3.63) is 34.9 Å². The summed E-state index contributed by atoms with van der Waals surface area (Å²) in [6, 6.07) is 0.0490. The van der Waals surface area contributed by atoms with Gasteiger partial charge in [0, 0.05) is 71.0 Å². The number of unbranched alkanes of at least 4 members (excludes halogenated alkanes) is 1. The highest BCUT2D eigenvalue weighted by atomic mass is 16.5. The van der Waals surface area contributed by atoms with Crippen molar-refractivity contribution in [2.24, 2.45) is 0 Å². The Labute approximate surface area is 223 Å². The molecule has 2 N–H and O–H groups in total. The maximum Gasteiger partial charge on any atom is 0.254 e. The number of hydrogen-bond acceptors (Lipinski definition) is 6. The predicted molar refractivity (Wildman–Crippen MR) is 147 cm³/mol. The Balaban J connectivity index is 1.27. The summed E-state index contributed by atoms with van der Waals surface area (Å²) >= 11 is 0. The van der Waals surface area contributed by atoms with Gasteiger partial charge in [-0.05, 0) is 70.6 Å². The number of rotatable bonds is 14. The number of carbonyl (C=O) groups is 2. The van der Waals surface area contributed by atoms with E-state index in [2.05, 4.69) is 27.3 Å². The zero-order valence-electron chi connectivity index (χ0n) is 23.4. The molecule has 2 aliphatic heterocycles. The highest BCUT2D eigenvalue weighted by Crippen LogP contribution is 2.25. The average molecular weight is 517 g/mol. The number of hydrogen-bond donors (Lipinski definition) is 2. The second-order valence-electron chi connectivity index (χ2n) is 10.8. The lowest BCUT2D eigenvalue weighted by molar-refractivity contribution is -0.128. The Morgan fingerprint density at radius 1 is 1.22 bits per heavy atom. The van der Waals surface area contributed by atoms with E-state index in [0.717, 1.165) is 88.3 Å². The molecule has 8 nitrogen and oxygen atoms in total. The standard InChI is InChI=1S/C29H48N4O4/c1-22-21-33(23(2)9-12-28(35)30-4)29(36)27(22)8-7-14-32-17-15-31(16-18-32)13-5-6-19-37-26-11-10-25(20-26)24(3)34/h7-8,10,23-24,26,34H,5-6,9,11-21H2,1-4H3,(H,30,35)/b8-7-/t23?,24-,26?/m1/s1. The van der Waals surface area contributed by atoms with Crippen molar-refractivity contribution in [3.8, 4) is 0 Å². The van der Waals surface area contributed by atoms with Crippen LogP contribution in [0.5, 0.6) is 0 Å². The van der Waals surface area contributed by atoms with E-state index in [1.807, 2.05) is 31.7 Å². The highest BCUT2D eigenvalue weighted by molar-refractivity contribution is 5.99. The number of nitrogens with one attached hydrogen (secondary N) is 1. The Bertz CT molecular complexity index is 858. The van der Waals surface area contributed by atoms with Crippen LogP contribution in [0.2, 0.25) is 0 Å². The number of aliphatic hydroxyl groups is 1. The zero-order valence-corrected chi connectivity index (χ0v) is 23.4. The molecule has 1 aliphatic carbocycles. The lowest BCUT2D eigenvalue weighted by atomic mass is 10.1. The van der Waals surface area contributed by atoms with E-state index in [1.54, 1.807) is 7.05 Å². The maximum absolute atomic E-state index is 12.9. The number of aliphatic hydroxyl groups excluding tert-OH is 1. The van der Waals surface area contributed by atoms with Crippen LogP contribution in [-0.4, -0.2) is 109 Å². The van der Waals surface area contributed by atoms with Crippen LogP contribution in [0.4, 0.5) is 0 Å². The fraction of sp³-hybridized carbons (Fsp3) is 0.724. The smallest absolute Gasteiger partial charge is 0.254 e. The molecule has 3 rings (SSSR count). The van der Waals surface area contributed by atoms with Crippen LogP contribution in [0, 0.1) is 0 Å². The van der Waals surface area contributed by atoms with Gasteiger partial charge in [0.25, 0.3) is 5.91 Å². The largest absolute Gasteiger partial charge is 0.389 e. The third-order valence-corrected chi connectivity index (χ3v) is 7.94. The van der Waals surface area contributed by atoms with Gasteiger partial charge in [0.15, 0.2) is 0 Å². The van der Waals surface area contributed by atoms with Gasteiger partial charge in [0.2, 0.25) is 5.91 Å². The van der Waals surface area contributed by atoms with E-state index >= 15 is 0 Å². The third-order valence-electron chi connectivity index (χ3n) is 7.94. The molecule has 8 heteroatoms. The van der Waals surface area contributed by atoms with Crippen molar-refractivity contribution in [1.82, 2.24) is 20.0 Å². The molecule has 0 aromatic rings. The van der Waals surface area contributed by atoms with Gasteiger partial charge in [-0.1, -0.05) is 18.2 Å². The summed E-state index contributed by atoms with van der Waals surface area (Å²) in [6.07, 6.45) is 11.3. The monoisotopic (exact) mass is 516 g/mol. The minimum atomic E-state index is -0.347. The summed E-state index contributed by atoms with van der Waals surface area (Å²) in [5.41, 5.74) is 3.03. The van der Waals surface area contributed by atoms with Crippen LogP contribution in [-0.2, 0) is 14.3 Å². The van der Waals surface area contributed by atoms with Gasteiger partial charge < -0.3 is 25.0 Å². The summed E-state index contributed by atoms with van der Waals surface area (Å²) < 4.78 is 5.99. The highest BCUT2D eigenvalue weighted by Gasteiger charge is 2.30. The van der Waals surface area contributed by atoms with Crippen molar-refractivity contribution in [2.75, 3.05) is 59.5 Å². The van der Waals surface area contributed by atoms with Gasteiger partial charge in [-0.2, -0.15) is 0 Å². The van der Waals surface area contributed by atoms with Gasteiger partial charge in [-0.25, -0.2) is 0 Å². The van der Waals surface area contributed by atoms with Gasteiger partial charge in [0.05, 0.1) is 12.2 Å². The van der Waals surface area contributed by atoms with E-state index < -0.39 is 0 Å². The molecule has 0 bridgehead atoms. The van der Waals surface area contributed by atoms with Crippen molar-refractivity contribution in [3.63, 3.8) is 0 Å². The van der Waals surface area contributed by atoms with Crippen LogP contribution in [0.3, 0.4) is 0 Å². The molecule has 2 unspecified atom stereocenters. The van der Waals surface area contributed by atoms with Crippen LogP contribution in [0.25, 0.3) is 0 Å². The van der Waals surface area contributed by atoms with Crippen LogP contribution in [0.15, 0.2) is 34.9 Å². The van der Waals surface area contributed by atoms with Crippen LogP contribution >= 0.6 is 0 Å². The van der Waals surface area contributed by atoms with Gasteiger partial charge in [0.1, 0.15) is 0 Å². The van der Waals surface area contributed by atoms with Gasteiger partial charge in [-0.3, -0.25) is 14.5 Å². The topological polar surface area (TPSA) is 85.4 Å². The molecule has 0 spiro atoms. The lowest BCUT2D eigenvalue weighted by Crippen LogP contribution is -2.46. The molecule has 0 aromatic heterocycles. The summed E-state index contributed by atoms with van der Waals surface area (Å²) in [5, 5.41) is 12.3. The first-order chi connectivity index (χ1) is 17.8. The van der Waals surface area contributed by atoms with E-state index in [1.165, 1.54) is 0 Å². The summed E-state index contributed by atoms with van der Waals surface area (Å²) in [7, 11) is 1.64. The minimum absolute atomic E-state index is 0.0159. The second kappa shape index (κ2) is 14.8. The maximum atomic E-state index is 12.9. The van der Waals surface area contributed by atoms with E-state index in [4.69, 9.17) is 4.74 Å². The Morgan fingerprint density at radius 3 is 2.62 bits per heavy atom.